The quantitative estimate of drug-likeness (QED) is 0.159. The highest BCUT2D eigenvalue weighted by Crippen LogP contribution is 2.43. The molecule has 5 rings (SSSR count). The smallest absolute Gasteiger partial charge is 0.300 e. The van der Waals surface area contributed by atoms with Crippen LogP contribution in [-0.2, 0) is 21.6 Å². The van der Waals surface area contributed by atoms with Crippen molar-refractivity contribution in [3.63, 3.8) is 0 Å². The van der Waals surface area contributed by atoms with Gasteiger partial charge in [0.25, 0.3) is 11.7 Å². The highest BCUT2D eigenvalue weighted by molar-refractivity contribution is 6.51. The Bertz CT molecular complexity index is 1580. The van der Waals surface area contributed by atoms with Crippen molar-refractivity contribution in [3.8, 4) is 5.75 Å². The number of nitrogens with zero attached hydrogens (tertiary/aromatic N) is 1. The highest BCUT2D eigenvalue weighted by Gasteiger charge is 2.47. The van der Waals surface area contributed by atoms with E-state index in [2.05, 4.69) is 20.8 Å². The minimum atomic E-state index is -0.833. The lowest BCUT2D eigenvalue weighted by Crippen LogP contribution is -2.29. The minimum Gasteiger partial charge on any atom is -0.507 e. The third kappa shape index (κ3) is 5.28. The summed E-state index contributed by atoms with van der Waals surface area (Å²) in [6, 6.07) is 31.3. The second kappa shape index (κ2) is 10.9. The molecule has 1 aliphatic rings. The molecule has 202 valence electrons. The first kappa shape index (κ1) is 26.9. The van der Waals surface area contributed by atoms with E-state index in [-0.39, 0.29) is 16.7 Å². The van der Waals surface area contributed by atoms with Crippen LogP contribution in [0.2, 0.25) is 0 Å². The van der Waals surface area contributed by atoms with E-state index in [1.807, 2.05) is 97.9 Å². The number of aliphatic hydroxyl groups excluding tert-OH is 1. The van der Waals surface area contributed by atoms with Gasteiger partial charge in [-0.25, -0.2) is 0 Å². The number of para-hydroxylation sites is 1. The normalized spacial score (nSPS) is 16.8. The number of rotatable bonds is 6. The van der Waals surface area contributed by atoms with E-state index in [0.717, 1.165) is 16.7 Å². The fourth-order valence-corrected chi connectivity index (χ4v) is 5.01. The highest BCUT2D eigenvalue weighted by atomic mass is 16.5. The third-order valence-electron chi connectivity index (χ3n) is 7.26. The van der Waals surface area contributed by atoms with Gasteiger partial charge in [-0.1, -0.05) is 93.6 Å². The van der Waals surface area contributed by atoms with Crippen LogP contribution in [0.5, 0.6) is 5.75 Å². The van der Waals surface area contributed by atoms with Crippen molar-refractivity contribution in [3.05, 3.63) is 137 Å². The molecule has 0 radical (unpaired) electrons. The first-order valence-corrected chi connectivity index (χ1v) is 13.4. The molecule has 1 unspecified atom stereocenters. The zero-order valence-electron chi connectivity index (χ0n) is 23.2. The van der Waals surface area contributed by atoms with E-state index < -0.39 is 17.7 Å². The average molecular weight is 532 g/mol. The van der Waals surface area contributed by atoms with Crippen LogP contribution in [0.3, 0.4) is 0 Å². The number of Topliss-reactive ketones (excluding diaryl/α,β-unsaturated/α-hetero) is 1. The summed E-state index contributed by atoms with van der Waals surface area (Å²) in [4.78, 5) is 28.6. The van der Waals surface area contributed by atoms with Crippen LogP contribution in [0, 0.1) is 6.92 Å². The van der Waals surface area contributed by atoms with Gasteiger partial charge in [0, 0.05) is 11.3 Å². The standard InChI is InChI=1S/C35H33NO4/c1-23-18-19-26(35(2,3)4)21-29(23)32(37)30-31(36(34(39)33(30)38)27-15-9-6-10-16-27)25-14-11-17-28(20-25)40-22-24-12-7-5-8-13-24/h5-21,31,37H,22H2,1-4H3/b32-30+. The maximum Gasteiger partial charge on any atom is 0.300 e. The number of amides is 1. The van der Waals surface area contributed by atoms with Gasteiger partial charge in [-0.05, 0) is 64.9 Å². The summed E-state index contributed by atoms with van der Waals surface area (Å²) >= 11 is 0. The molecule has 1 atom stereocenters. The Morgan fingerprint density at radius 2 is 1.52 bits per heavy atom. The molecule has 1 heterocycles. The Hall–Kier alpha value is -4.64. The fraction of sp³-hybridized carbons (Fsp3) is 0.200. The first-order chi connectivity index (χ1) is 19.1. The minimum absolute atomic E-state index is 0.0585. The summed E-state index contributed by atoms with van der Waals surface area (Å²) in [7, 11) is 0. The largest absolute Gasteiger partial charge is 0.507 e. The molecule has 1 saturated heterocycles. The van der Waals surface area contributed by atoms with Gasteiger partial charge in [0.1, 0.15) is 18.1 Å². The molecular formula is C35H33NO4. The maximum atomic E-state index is 13.6. The van der Waals surface area contributed by atoms with Gasteiger partial charge in [0.05, 0.1) is 11.6 Å². The van der Waals surface area contributed by atoms with Crippen LogP contribution in [0.25, 0.3) is 5.76 Å². The molecule has 40 heavy (non-hydrogen) atoms. The van der Waals surface area contributed by atoms with Crippen molar-refractivity contribution in [2.45, 2.75) is 45.8 Å². The molecule has 0 bridgehead atoms. The average Bonchev–Trinajstić information content (AvgIpc) is 3.22. The van der Waals surface area contributed by atoms with Gasteiger partial charge in [-0.2, -0.15) is 0 Å². The summed E-state index contributed by atoms with van der Waals surface area (Å²) in [5.74, 6) is -0.979. The molecule has 0 spiro atoms. The van der Waals surface area contributed by atoms with Crippen LogP contribution in [0.15, 0.2) is 109 Å². The number of aliphatic hydroxyl groups is 1. The lowest BCUT2D eigenvalue weighted by atomic mass is 9.84. The van der Waals surface area contributed by atoms with Gasteiger partial charge >= 0.3 is 0 Å². The predicted molar refractivity (Wildman–Crippen MR) is 158 cm³/mol. The van der Waals surface area contributed by atoms with Gasteiger partial charge in [0.15, 0.2) is 0 Å². The molecule has 1 aliphatic heterocycles. The second-order valence-corrected chi connectivity index (χ2v) is 11.1. The van der Waals surface area contributed by atoms with Crippen molar-refractivity contribution in [2.24, 2.45) is 0 Å². The molecule has 0 aliphatic carbocycles. The molecule has 4 aromatic carbocycles. The van der Waals surface area contributed by atoms with E-state index in [1.165, 1.54) is 4.90 Å². The van der Waals surface area contributed by atoms with Crippen molar-refractivity contribution < 1.29 is 19.4 Å². The van der Waals surface area contributed by atoms with Crippen molar-refractivity contribution in [1.29, 1.82) is 0 Å². The Labute approximate surface area is 235 Å². The van der Waals surface area contributed by atoms with Crippen LogP contribution in [0.1, 0.15) is 54.6 Å². The molecular weight excluding hydrogens is 498 g/mol. The summed E-state index contributed by atoms with van der Waals surface area (Å²) in [6.07, 6.45) is 0. The molecule has 5 nitrogen and oxygen atoms in total. The first-order valence-electron chi connectivity index (χ1n) is 13.4. The number of anilines is 1. The molecule has 1 fully saturated rings. The summed E-state index contributed by atoms with van der Waals surface area (Å²) in [5, 5.41) is 11.7. The van der Waals surface area contributed by atoms with Crippen LogP contribution >= 0.6 is 0 Å². The Morgan fingerprint density at radius 1 is 0.850 bits per heavy atom. The van der Waals surface area contributed by atoms with Crippen molar-refractivity contribution in [2.75, 3.05) is 4.90 Å². The lowest BCUT2D eigenvalue weighted by Gasteiger charge is -2.26. The predicted octanol–water partition coefficient (Wildman–Crippen LogP) is 7.50. The van der Waals surface area contributed by atoms with Crippen molar-refractivity contribution >= 4 is 23.1 Å². The topological polar surface area (TPSA) is 66.8 Å². The number of hydrogen-bond donors (Lipinski definition) is 1. The van der Waals surface area contributed by atoms with Crippen molar-refractivity contribution in [1.82, 2.24) is 0 Å². The van der Waals surface area contributed by atoms with Gasteiger partial charge in [-0.3, -0.25) is 14.5 Å². The number of benzene rings is 4. The van der Waals surface area contributed by atoms with Gasteiger partial charge in [-0.15, -0.1) is 0 Å². The van der Waals surface area contributed by atoms with E-state index in [1.54, 1.807) is 12.1 Å². The molecule has 1 N–H and O–H groups in total. The molecule has 0 saturated carbocycles. The van der Waals surface area contributed by atoms with E-state index in [0.29, 0.717) is 29.2 Å². The van der Waals surface area contributed by atoms with Gasteiger partial charge < -0.3 is 9.84 Å². The molecule has 1 amide bonds. The third-order valence-corrected chi connectivity index (χ3v) is 7.26. The van der Waals surface area contributed by atoms with E-state index in [4.69, 9.17) is 4.74 Å². The summed E-state index contributed by atoms with van der Waals surface area (Å²) < 4.78 is 6.07. The Morgan fingerprint density at radius 3 is 2.20 bits per heavy atom. The number of carbonyl (C=O) groups is 2. The monoisotopic (exact) mass is 531 g/mol. The molecule has 4 aromatic rings. The number of ketones is 1. The lowest BCUT2D eigenvalue weighted by molar-refractivity contribution is -0.132. The van der Waals surface area contributed by atoms with E-state index >= 15 is 0 Å². The van der Waals surface area contributed by atoms with Crippen LogP contribution < -0.4 is 9.64 Å². The summed E-state index contributed by atoms with van der Waals surface area (Å²) in [6.45, 7) is 8.55. The Kier molecular flexibility index (Phi) is 7.31. The number of hydrogen-bond acceptors (Lipinski definition) is 4. The zero-order valence-corrected chi connectivity index (χ0v) is 23.2. The van der Waals surface area contributed by atoms with Crippen LogP contribution in [0.4, 0.5) is 5.69 Å². The number of ether oxygens (including phenoxy) is 1. The molecule has 0 aromatic heterocycles. The zero-order chi connectivity index (χ0) is 28.4. The van der Waals surface area contributed by atoms with Crippen LogP contribution in [-0.4, -0.2) is 16.8 Å². The SMILES string of the molecule is Cc1ccc(C(C)(C)C)cc1/C(O)=C1\C(=O)C(=O)N(c2ccccc2)C1c1cccc(OCc2ccccc2)c1. The molecule has 5 heteroatoms. The Balaban J connectivity index is 1.64. The number of carbonyl (C=O) groups excluding carboxylic acids is 2. The van der Waals surface area contributed by atoms with Gasteiger partial charge in [0.2, 0.25) is 0 Å². The number of aryl methyl sites for hydroxylation is 1. The van der Waals surface area contributed by atoms with E-state index in [9.17, 15) is 14.7 Å². The fourth-order valence-electron chi connectivity index (χ4n) is 5.01. The second-order valence-electron chi connectivity index (χ2n) is 11.1. The summed E-state index contributed by atoms with van der Waals surface area (Å²) in [5.41, 5.74) is 4.53. The maximum absolute atomic E-state index is 13.6.